The fourth-order valence-electron chi connectivity index (χ4n) is 1.75. The molecule has 1 aliphatic rings. The second-order valence-electron chi connectivity index (χ2n) is 3.72. The van der Waals surface area contributed by atoms with Crippen LogP contribution >= 0.6 is 0 Å². The van der Waals surface area contributed by atoms with Crippen LogP contribution in [-0.2, 0) is 11.2 Å². The number of rotatable bonds is 2. The van der Waals surface area contributed by atoms with Crippen molar-refractivity contribution in [2.24, 2.45) is 5.73 Å². The fraction of sp³-hybridized carbons (Fsp3) is 0.364. The van der Waals surface area contributed by atoms with Crippen LogP contribution in [0.15, 0.2) is 18.2 Å². The SMILES string of the molecule is NC[C@@H](O)c1ccc2c(c1)CCC(=O)N2. The van der Waals surface area contributed by atoms with Crippen LogP contribution in [0.4, 0.5) is 5.69 Å². The first-order valence-corrected chi connectivity index (χ1v) is 5.01. The first-order chi connectivity index (χ1) is 7.20. The summed E-state index contributed by atoms with van der Waals surface area (Å²) in [7, 11) is 0. The van der Waals surface area contributed by atoms with E-state index in [1.54, 1.807) is 6.07 Å². The molecule has 0 aromatic heterocycles. The summed E-state index contributed by atoms with van der Waals surface area (Å²) in [6.07, 6.45) is 0.620. The van der Waals surface area contributed by atoms with Gasteiger partial charge in [0.2, 0.25) is 5.91 Å². The second kappa shape index (κ2) is 4.00. The maximum Gasteiger partial charge on any atom is 0.224 e. The van der Waals surface area contributed by atoms with E-state index >= 15 is 0 Å². The Morgan fingerprint density at radius 3 is 3.00 bits per heavy atom. The van der Waals surface area contributed by atoms with E-state index in [0.717, 1.165) is 23.2 Å². The van der Waals surface area contributed by atoms with Crippen LogP contribution in [0.3, 0.4) is 0 Å². The number of aliphatic hydroxyl groups is 1. The molecule has 15 heavy (non-hydrogen) atoms. The number of benzene rings is 1. The Morgan fingerprint density at radius 1 is 1.47 bits per heavy atom. The van der Waals surface area contributed by atoms with Gasteiger partial charge in [-0.25, -0.2) is 0 Å². The highest BCUT2D eigenvalue weighted by molar-refractivity contribution is 5.93. The summed E-state index contributed by atoms with van der Waals surface area (Å²) in [6.45, 7) is 0.213. The molecule has 4 nitrogen and oxygen atoms in total. The van der Waals surface area contributed by atoms with Gasteiger partial charge in [-0.3, -0.25) is 4.79 Å². The van der Waals surface area contributed by atoms with Gasteiger partial charge in [0.1, 0.15) is 0 Å². The third-order valence-electron chi connectivity index (χ3n) is 2.63. The minimum Gasteiger partial charge on any atom is -0.387 e. The molecular formula is C11H14N2O2. The molecule has 4 heteroatoms. The molecule has 0 fully saturated rings. The Balaban J connectivity index is 2.30. The molecule has 0 spiro atoms. The number of fused-ring (bicyclic) bond motifs is 1. The van der Waals surface area contributed by atoms with Gasteiger partial charge in [-0.05, 0) is 23.6 Å². The van der Waals surface area contributed by atoms with Gasteiger partial charge in [0.15, 0.2) is 0 Å². The number of nitrogens with two attached hydrogens (primary N) is 1. The van der Waals surface area contributed by atoms with Gasteiger partial charge in [0.05, 0.1) is 6.10 Å². The number of hydrogen-bond donors (Lipinski definition) is 3. The van der Waals surface area contributed by atoms with Crippen molar-refractivity contribution in [1.29, 1.82) is 0 Å². The van der Waals surface area contributed by atoms with Crippen LogP contribution in [0.1, 0.15) is 23.7 Å². The van der Waals surface area contributed by atoms with Gasteiger partial charge < -0.3 is 16.2 Å². The van der Waals surface area contributed by atoms with Crippen molar-refractivity contribution in [3.05, 3.63) is 29.3 Å². The number of carbonyl (C=O) groups is 1. The molecule has 0 bridgehead atoms. The highest BCUT2D eigenvalue weighted by atomic mass is 16.3. The second-order valence-corrected chi connectivity index (χ2v) is 3.72. The molecule has 0 radical (unpaired) electrons. The summed E-state index contributed by atoms with van der Waals surface area (Å²) in [6, 6.07) is 5.52. The molecule has 1 aromatic rings. The van der Waals surface area contributed by atoms with Crippen molar-refractivity contribution < 1.29 is 9.90 Å². The fourth-order valence-corrected chi connectivity index (χ4v) is 1.75. The molecule has 0 saturated heterocycles. The molecular weight excluding hydrogens is 192 g/mol. The van der Waals surface area contributed by atoms with Crippen LogP contribution in [0.2, 0.25) is 0 Å². The lowest BCUT2D eigenvalue weighted by Gasteiger charge is -2.18. The quantitative estimate of drug-likeness (QED) is 0.662. The summed E-state index contributed by atoms with van der Waals surface area (Å²) in [5, 5.41) is 12.4. The Bertz CT molecular complexity index is 390. The van der Waals surface area contributed by atoms with E-state index < -0.39 is 6.10 Å². The Labute approximate surface area is 88.1 Å². The first-order valence-electron chi connectivity index (χ1n) is 5.01. The number of nitrogens with one attached hydrogen (secondary N) is 1. The van der Waals surface area contributed by atoms with Crippen molar-refractivity contribution in [2.45, 2.75) is 18.9 Å². The lowest BCUT2D eigenvalue weighted by atomic mass is 9.98. The maximum atomic E-state index is 11.1. The summed E-state index contributed by atoms with van der Waals surface area (Å²) in [5.41, 5.74) is 8.11. The smallest absolute Gasteiger partial charge is 0.224 e. The lowest BCUT2D eigenvalue weighted by molar-refractivity contribution is -0.116. The average molecular weight is 206 g/mol. The lowest BCUT2D eigenvalue weighted by Crippen LogP contribution is -2.19. The van der Waals surface area contributed by atoms with E-state index in [4.69, 9.17) is 5.73 Å². The Hall–Kier alpha value is -1.39. The number of hydrogen-bond acceptors (Lipinski definition) is 3. The minimum atomic E-state index is -0.618. The third kappa shape index (κ3) is 2.00. The van der Waals surface area contributed by atoms with E-state index in [1.165, 1.54) is 0 Å². The molecule has 0 aliphatic carbocycles. The van der Waals surface area contributed by atoms with Crippen LogP contribution in [0, 0.1) is 0 Å². The van der Waals surface area contributed by atoms with Crippen molar-refractivity contribution in [1.82, 2.24) is 0 Å². The van der Waals surface area contributed by atoms with E-state index in [2.05, 4.69) is 5.32 Å². The zero-order valence-corrected chi connectivity index (χ0v) is 8.36. The molecule has 1 amide bonds. The summed E-state index contributed by atoms with van der Waals surface area (Å²) >= 11 is 0. The van der Waals surface area contributed by atoms with Crippen molar-refractivity contribution in [2.75, 3.05) is 11.9 Å². The van der Waals surface area contributed by atoms with E-state index in [9.17, 15) is 9.90 Å². The molecule has 0 saturated carbocycles. The van der Waals surface area contributed by atoms with Gasteiger partial charge in [-0.2, -0.15) is 0 Å². The van der Waals surface area contributed by atoms with Crippen LogP contribution < -0.4 is 11.1 Å². The maximum absolute atomic E-state index is 11.1. The predicted molar refractivity (Wildman–Crippen MR) is 57.4 cm³/mol. The summed E-state index contributed by atoms with van der Waals surface area (Å²) in [4.78, 5) is 11.1. The van der Waals surface area contributed by atoms with Crippen LogP contribution in [-0.4, -0.2) is 17.6 Å². The summed E-state index contributed by atoms with van der Waals surface area (Å²) in [5.74, 6) is 0.0506. The number of aryl methyl sites for hydroxylation is 1. The number of amides is 1. The van der Waals surface area contributed by atoms with E-state index in [-0.39, 0.29) is 12.5 Å². The molecule has 1 heterocycles. The molecule has 1 aliphatic heterocycles. The molecule has 0 unspecified atom stereocenters. The summed E-state index contributed by atoms with van der Waals surface area (Å²) < 4.78 is 0. The highest BCUT2D eigenvalue weighted by Crippen LogP contribution is 2.25. The number of anilines is 1. The molecule has 1 atom stereocenters. The van der Waals surface area contributed by atoms with Gasteiger partial charge in [0, 0.05) is 18.7 Å². The topological polar surface area (TPSA) is 75.3 Å². The predicted octanol–water partition coefficient (Wildman–Crippen LogP) is 0.563. The van der Waals surface area contributed by atoms with Crippen LogP contribution in [0.5, 0.6) is 0 Å². The zero-order valence-electron chi connectivity index (χ0n) is 8.36. The Kier molecular flexibility index (Phi) is 2.70. The first kappa shape index (κ1) is 10.1. The zero-order chi connectivity index (χ0) is 10.8. The monoisotopic (exact) mass is 206 g/mol. The minimum absolute atomic E-state index is 0.0506. The third-order valence-corrected chi connectivity index (χ3v) is 2.63. The van der Waals surface area contributed by atoms with E-state index in [0.29, 0.717) is 6.42 Å². The molecule has 4 N–H and O–H groups in total. The van der Waals surface area contributed by atoms with Crippen molar-refractivity contribution >= 4 is 11.6 Å². The van der Waals surface area contributed by atoms with Crippen LogP contribution in [0.25, 0.3) is 0 Å². The highest BCUT2D eigenvalue weighted by Gasteiger charge is 2.16. The van der Waals surface area contributed by atoms with E-state index in [1.807, 2.05) is 12.1 Å². The number of carbonyl (C=O) groups excluding carboxylic acids is 1. The van der Waals surface area contributed by atoms with Gasteiger partial charge in [-0.1, -0.05) is 12.1 Å². The average Bonchev–Trinajstić information content (AvgIpc) is 2.27. The standard InChI is InChI=1S/C11H14N2O2/c12-6-10(14)8-1-3-9-7(5-8)2-4-11(15)13-9/h1,3,5,10,14H,2,4,6,12H2,(H,13,15)/t10-/m1/s1. The molecule has 80 valence electrons. The van der Waals surface area contributed by atoms with Crippen molar-refractivity contribution in [3.8, 4) is 0 Å². The van der Waals surface area contributed by atoms with Crippen molar-refractivity contribution in [3.63, 3.8) is 0 Å². The van der Waals surface area contributed by atoms with Gasteiger partial charge in [0.25, 0.3) is 0 Å². The van der Waals surface area contributed by atoms with Gasteiger partial charge in [-0.15, -0.1) is 0 Å². The normalized spacial score (nSPS) is 16.8. The Morgan fingerprint density at radius 2 is 2.27 bits per heavy atom. The largest absolute Gasteiger partial charge is 0.387 e. The number of aliphatic hydroxyl groups excluding tert-OH is 1. The molecule has 2 rings (SSSR count). The van der Waals surface area contributed by atoms with Gasteiger partial charge >= 0.3 is 0 Å². The molecule has 1 aromatic carbocycles.